The molecule has 6 nitrogen and oxygen atoms in total. The Morgan fingerprint density at radius 2 is 1.86 bits per heavy atom. The van der Waals surface area contributed by atoms with Gasteiger partial charge >= 0.3 is 6.18 Å². The third-order valence-corrected chi connectivity index (χ3v) is 7.57. The smallest absolute Gasteiger partial charge is 0.390 e. The highest BCUT2D eigenvalue weighted by Gasteiger charge is 2.38. The number of carbonyl (C=O) groups is 1. The third kappa shape index (κ3) is 6.80. The van der Waals surface area contributed by atoms with Gasteiger partial charge in [0.2, 0.25) is 4.80 Å². The number of amides is 1. The van der Waals surface area contributed by atoms with Gasteiger partial charge in [-0.15, -0.1) is 0 Å². The second-order valence-electron chi connectivity index (χ2n) is 10.8. The molecule has 1 amide bonds. The fraction of sp³-hybridized carbons (Fsp3) is 0.640. The average molecular weight is 513 g/mol. The first-order valence-corrected chi connectivity index (χ1v) is 12.7. The summed E-state index contributed by atoms with van der Waals surface area (Å²) in [5.41, 5.74) is -1.52. The zero-order valence-electron chi connectivity index (χ0n) is 21.2. The van der Waals surface area contributed by atoms with E-state index < -0.39 is 23.2 Å². The number of likely N-dealkylation sites (tertiary alicyclic amines) is 1. The molecule has 194 valence electrons. The number of benzene rings is 1. The predicted octanol–water partition coefficient (Wildman–Crippen LogP) is 5.00. The highest BCUT2D eigenvalue weighted by Crippen LogP contribution is 2.33. The summed E-state index contributed by atoms with van der Waals surface area (Å²) in [4.78, 5) is 19.9. The number of carbonyl (C=O) groups excluding carboxylic acids is 1. The summed E-state index contributed by atoms with van der Waals surface area (Å²) in [5.74, 6) is -0.633. The summed E-state index contributed by atoms with van der Waals surface area (Å²) in [6, 6.07) is 3.27. The van der Waals surface area contributed by atoms with Gasteiger partial charge in [0.25, 0.3) is 5.91 Å². The van der Waals surface area contributed by atoms with Gasteiger partial charge in [0.15, 0.2) is 0 Å². The molecule has 2 heterocycles. The molecule has 10 heteroatoms. The van der Waals surface area contributed by atoms with Gasteiger partial charge in [0.1, 0.15) is 5.01 Å². The molecule has 1 N–H and O–H groups in total. The molecule has 0 spiro atoms. The molecular weight excluding hydrogens is 477 g/mol. The molecule has 0 unspecified atom stereocenters. The summed E-state index contributed by atoms with van der Waals surface area (Å²) >= 11 is 1.29. The maximum absolute atomic E-state index is 13.5. The number of halogens is 3. The van der Waals surface area contributed by atoms with Crippen LogP contribution in [0, 0.1) is 5.92 Å². The highest BCUT2D eigenvalue weighted by molar-refractivity contribution is 7.09. The monoisotopic (exact) mass is 512 g/mol. The minimum Gasteiger partial charge on any atom is -0.390 e. The maximum atomic E-state index is 13.5. The van der Waals surface area contributed by atoms with Crippen LogP contribution in [0.1, 0.15) is 80.9 Å². The van der Waals surface area contributed by atoms with E-state index in [4.69, 9.17) is 0 Å². The standard InChI is InChI=1S/C25H35F3N4O2S/c1-7-8-11-32-22(35-21(30-32)23(2,3)4)29-20(33)19-12-17(25(26,27)28)10-9-16(19)13-31-14-18(15-31)24(5,6)34/h9-10,12,18,34H,7-8,11,13-15H2,1-6H3/b29-22-. The second-order valence-corrected chi connectivity index (χ2v) is 11.8. The van der Waals surface area contributed by atoms with Crippen LogP contribution in [0.5, 0.6) is 0 Å². The largest absolute Gasteiger partial charge is 0.416 e. The molecule has 0 atom stereocenters. The Morgan fingerprint density at radius 1 is 1.20 bits per heavy atom. The number of unbranched alkanes of at least 4 members (excludes halogenated alkanes) is 1. The molecule has 1 fully saturated rings. The molecule has 1 aromatic carbocycles. The van der Waals surface area contributed by atoms with Gasteiger partial charge in [-0.25, -0.2) is 4.68 Å². The number of aromatic nitrogens is 2. The van der Waals surface area contributed by atoms with Crippen molar-refractivity contribution in [2.45, 2.75) is 84.7 Å². The maximum Gasteiger partial charge on any atom is 0.416 e. The van der Waals surface area contributed by atoms with Gasteiger partial charge in [-0.2, -0.15) is 23.3 Å². The van der Waals surface area contributed by atoms with Crippen LogP contribution in [0.3, 0.4) is 0 Å². The molecule has 1 aromatic heterocycles. The number of hydrogen-bond donors (Lipinski definition) is 1. The minimum atomic E-state index is -4.57. The molecule has 3 rings (SSSR count). The molecular formula is C25H35F3N4O2S. The lowest BCUT2D eigenvalue weighted by molar-refractivity contribution is -0.137. The summed E-state index contributed by atoms with van der Waals surface area (Å²) in [6.45, 7) is 13.7. The summed E-state index contributed by atoms with van der Waals surface area (Å²) < 4.78 is 42.1. The van der Waals surface area contributed by atoms with Crippen molar-refractivity contribution < 1.29 is 23.1 Å². The fourth-order valence-electron chi connectivity index (χ4n) is 3.77. The van der Waals surface area contributed by atoms with E-state index in [1.54, 1.807) is 18.5 Å². The van der Waals surface area contributed by atoms with Gasteiger partial charge < -0.3 is 5.11 Å². The van der Waals surface area contributed by atoms with E-state index in [1.165, 1.54) is 17.4 Å². The quantitative estimate of drug-likeness (QED) is 0.567. The van der Waals surface area contributed by atoms with E-state index in [-0.39, 0.29) is 16.9 Å². The van der Waals surface area contributed by atoms with E-state index in [1.807, 2.05) is 32.6 Å². The van der Waals surface area contributed by atoms with E-state index in [9.17, 15) is 23.1 Å². The topological polar surface area (TPSA) is 70.7 Å². The van der Waals surface area contributed by atoms with E-state index >= 15 is 0 Å². The Hall–Kier alpha value is -2.04. The summed E-state index contributed by atoms with van der Waals surface area (Å²) in [5, 5.41) is 15.6. The number of rotatable bonds is 7. The lowest BCUT2D eigenvalue weighted by Crippen LogP contribution is -2.55. The van der Waals surface area contributed by atoms with Crippen molar-refractivity contribution in [3.63, 3.8) is 0 Å². The predicted molar refractivity (Wildman–Crippen MR) is 130 cm³/mol. The van der Waals surface area contributed by atoms with Crippen molar-refractivity contribution in [1.29, 1.82) is 0 Å². The van der Waals surface area contributed by atoms with Crippen LogP contribution >= 0.6 is 11.3 Å². The highest BCUT2D eigenvalue weighted by atomic mass is 32.1. The number of hydrogen-bond acceptors (Lipinski definition) is 5. The molecule has 0 radical (unpaired) electrons. The zero-order chi connectivity index (χ0) is 26.2. The van der Waals surface area contributed by atoms with Crippen LogP contribution in [-0.2, 0) is 24.7 Å². The van der Waals surface area contributed by atoms with Gasteiger partial charge in [-0.1, -0.05) is 51.5 Å². The molecule has 0 bridgehead atoms. The number of alkyl halides is 3. The molecule has 35 heavy (non-hydrogen) atoms. The molecule has 2 aromatic rings. The van der Waals surface area contributed by atoms with E-state index in [0.29, 0.717) is 36.5 Å². The van der Waals surface area contributed by atoms with Crippen LogP contribution in [0.2, 0.25) is 0 Å². The molecule has 1 aliphatic heterocycles. The Kier molecular flexibility index (Phi) is 7.98. The third-order valence-electron chi connectivity index (χ3n) is 6.20. The van der Waals surface area contributed by atoms with Crippen molar-refractivity contribution in [2.24, 2.45) is 10.9 Å². The Bertz CT molecular complexity index is 1120. The molecule has 0 aliphatic carbocycles. The average Bonchev–Trinajstić information content (AvgIpc) is 3.10. The lowest BCUT2D eigenvalue weighted by atomic mass is 9.84. The zero-order valence-corrected chi connectivity index (χ0v) is 22.1. The first-order chi connectivity index (χ1) is 16.1. The first-order valence-electron chi connectivity index (χ1n) is 11.9. The first kappa shape index (κ1) is 27.5. The van der Waals surface area contributed by atoms with Crippen LogP contribution in [0.15, 0.2) is 23.2 Å². The van der Waals surface area contributed by atoms with Gasteiger partial charge in [0, 0.05) is 43.1 Å². The van der Waals surface area contributed by atoms with Crippen LogP contribution in [-0.4, -0.2) is 44.4 Å². The normalized spacial score (nSPS) is 16.6. The Labute approximate surface area is 208 Å². The van der Waals surface area contributed by atoms with E-state index in [2.05, 4.69) is 10.1 Å². The fourth-order valence-corrected chi connectivity index (χ4v) is 4.76. The van der Waals surface area contributed by atoms with Crippen molar-refractivity contribution in [1.82, 2.24) is 14.7 Å². The van der Waals surface area contributed by atoms with Crippen molar-refractivity contribution in [2.75, 3.05) is 13.1 Å². The van der Waals surface area contributed by atoms with Crippen molar-refractivity contribution in [3.8, 4) is 0 Å². The molecule has 1 saturated heterocycles. The molecule has 1 aliphatic rings. The summed E-state index contributed by atoms with van der Waals surface area (Å²) in [6.07, 6.45) is -2.79. The number of nitrogens with zero attached hydrogens (tertiary/aromatic N) is 4. The van der Waals surface area contributed by atoms with E-state index in [0.717, 1.165) is 30.0 Å². The SMILES string of the molecule is CCCCn1nc(C(C)(C)C)s/c1=N\C(=O)c1cc(C(F)(F)F)ccc1CN1CC(C(C)(C)O)C1. The minimum absolute atomic E-state index is 0.0562. The van der Waals surface area contributed by atoms with Crippen LogP contribution in [0.4, 0.5) is 13.2 Å². The van der Waals surface area contributed by atoms with Crippen LogP contribution < -0.4 is 4.80 Å². The summed E-state index contributed by atoms with van der Waals surface area (Å²) in [7, 11) is 0. The van der Waals surface area contributed by atoms with Crippen LogP contribution in [0.25, 0.3) is 0 Å². The Morgan fingerprint density at radius 3 is 2.40 bits per heavy atom. The Balaban J connectivity index is 1.98. The number of aryl methyl sites for hydroxylation is 1. The van der Waals surface area contributed by atoms with Gasteiger partial charge in [-0.05, 0) is 38.0 Å². The molecule has 0 saturated carbocycles. The number of aliphatic hydroxyl groups is 1. The lowest BCUT2D eigenvalue weighted by Gasteiger charge is -2.45. The second kappa shape index (κ2) is 10.1. The van der Waals surface area contributed by atoms with Crippen molar-refractivity contribution >= 4 is 17.2 Å². The van der Waals surface area contributed by atoms with Gasteiger partial charge in [0.05, 0.1) is 11.2 Å². The van der Waals surface area contributed by atoms with Crippen molar-refractivity contribution in [3.05, 3.63) is 44.7 Å². The van der Waals surface area contributed by atoms with Gasteiger partial charge in [-0.3, -0.25) is 9.69 Å².